The second kappa shape index (κ2) is 17.5. The number of hydrogen-bond acceptors (Lipinski definition) is 1. The quantitative estimate of drug-likeness (QED) is 0.196. The highest BCUT2D eigenvalue weighted by Gasteiger charge is 2.09. The Morgan fingerprint density at radius 3 is 1.79 bits per heavy atom. The van der Waals surface area contributed by atoms with Crippen LogP contribution in [-0.2, 0) is 4.79 Å². The number of para-hydroxylation sites is 1. The molecule has 0 saturated heterocycles. The molecule has 158 valence electrons. The zero-order chi connectivity index (χ0) is 20.3. The lowest BCUT2D eigenvalue weighted by atomic mass is 10.1. The van der Waals surface area contributed by atoms with Crippen LogP contribution < -0.4 is 4.90 Å². The number of amides is 1. The van der Waals surface area contributed by atoms with Gasteiger partial charge in [0.05, 0.1) is 0 Å². The van der Waals surface area contributed by atoms with Crippen LogP contribution in [0.4, 0.5) is 5.69 Å². The van der Waals surface area contributed by atoms with E-state index in [9.17, 15) is 4.79 Å². The summed E-state index contributed by atoms with van der Waals surface area (Å²) in [5, 5.41) is 0. The van der Waals surface area contributed by atoms with E-state index in [1.807, 2.05) is 35.2 Å². The number of anilines is 1. The summed E-state index contributed by atoms with van der Waals surface area (Å²) in [4.78, 5) is 13.8. The first-order chi connectivity index (χ1) is 13.8. The summed E-state index contributed by atoms with van der Waals surface area (Å²) >= 11 is 0. The first-order valence-corrected chi connectivity index (χ1v) is 11.7. The summed E-state index contributed by atoms with van der Waals surface area (Å²) in [5.74, 6) is 0.138. The Balaban J connectivity index is 1.93. The van der Waals surface area contributed by atoms with Crippen LogP contribution >= 0.6 is 0 Å². The zero-order valence-electron chi connectivity index (χ0n) is 18.5. The lowest BCUT2D eigenvalue weighted by Crippen LogP contribution is -2.29. The monoisotopic (exact) mass is 385 g/mol. The smallest absolute Gasteiger partial charge is 0.223 e. The second-order valence-corrected chi connectivity index (χ2v) is 7.94. The number of carbonyl (C=O) groups excluding carboxylic acids is 1. The molecule has 0 N–H and O–H groups in total. The number of rotatable bonds is 17. The van der Waals surface area contributed by atoms with Crippen molar-refractivity contribution in [2.75, 3.05) is 11.4 Å². The Hall–Kier alpha value is -1.57. The Morgan fingerprint density at radius 2 is 1.25 bits per heavy atom. The maximum absolute atomic E-state index is 11.9. The van der Waals surface area contributed by atoms with Gasteiger partial charge in [0.25, 0.3) is 0 Å². The minimum Gasteiger partial charge on any atom is -0.313 e. The molecule has 2 nitrogen and oxygen atoms in total. The van der Waals surface area contributed by atoms with E-state index in [1.165, 1.54) is 83.5 Å². The average molecular weight is 386 g/mol. The topological polar surface area (TPSA) is 20.3 Å². The zero-order valence-corrected chi connectivity index (χ0v) is 18.5. The van der Waals surface area contributed by atoms with Crippen LogP contribution in [0, 0.1) is 0 Å². The van der Waals surface area contributed by atoms with Gasteiger partial charge in [-0.2, -0.15) is 0 Å². The Labute approximate surface area is 174 Å². The van der Waals surface area contributed by atoms with E-state index in [-0.39, 0.29) is 5.91 Å². The first-order valence-electron chi connectivity index (χ1n) is 11.7. The van der Waals surface area contributed by atoms with Gasteiger partial charge in [0.1, 0.15) is 0 Å². The van der Waals surface area contributed by atoms with Gasteiger partial charge in [0, 0.05) is 19.2 Å². The molecule has 0 atom stereocenters. The van der Waals surface area contributed by atoms with E-state index in [0.29, 0.717) is 0 Å². The van der Waals surface area contributed by atoms with Crippen LogP contribution in [-0.4, -0.2) is 12.5 Å². The van der Waals surface area contributed by atoms with Crippen molar-refractivity contribution in [1.82, 2.24) is 0 Å². The number of carbonyl (C=O) groups is 1. The van der Waals surface area contributed by atoms with E-state index in [0.717, 1.165) is 18.7 Å². The minimum atomic E-state index is 0.138. The molecule has 1 amide bonds. The van der Waals surface area contributed by atoms with E-state index in [1.54, 1.807) is 6.92 Å². The van der Waals surface area contributed by atoms with Gasteiger partial charge in [-0.05, 0) is 44.2 Å². The van der Waals surface area contributed by atoms with E-state index in [4.69, 9.17) is 0 Å². The van der Waals surface area contributed by atoms with Crippen molar-refractivity contribution < 1.29 is 4.79 Å². The fourth-order valence-electron chi connectivity index (χ4n) is 3.59. The maximum atomic E-state index is 11.9. The largest absolute Gasteiger partial charge is 0.313 e. The van der Waals surface area contributed by atoms with Gasteiger partial charge in [-0.1, -0.05) is 95.1 Å². The molecule has 0 aliphatic rings. The van der Waals surface area contributed by atoms with Crippen molar-refractivity contribution in [3.05, 3.63) is 42.5 Å². The SMILES string of the molecule is CCCCCCCC/C=C\CCCCCCCCN(C(C)=O)c1ccccc1. The number of nitrogens with zero attached hydrogens (tertiary/aromatic N) is 1. The standard InChI is InChI=1S/C26H43NO/c1-3-4-5-6-7-8-9-10-11-12-13-14-15-16-17-21-24-27(25(2)28)26-22-19-18-20-23-26/h10-11,18-20,22-23H,3-9,12-17,21,24H2,1-2H3/b11-10-. The number of hydrogen-bond donors (Lipinski definition) is 0. The third-order valence-electron chi connectivity index (χ3n) is 5.34. The summed E-state index contributed by atoms with van der Waals surface area (Å²) in [5.41, 5.74) is 1.02. The molecule has 0 spiro atoms. The molecular weight excluding hydrogens is 342 g/mol. The highest BCUT2D eigenvalue weighted by Crippen LogP contribution is 2.15. The molecule has 1 rings (SSSR count). The molecule has 0 fully saturated rings. The average Bonchev–Trinajstić information content (AvgIpc) is 2.70. The van der Waals surface area contributed by atoms with Crippen molar-refractivity contribution in [2.45, 2.75) is 104 Å². The highest BCUT2D eigenvalue weighted by molar-refractivity contribution is 5.91. The molecule has 1 aromatic rings. The van der Waals surface area contributed by atoms with Crippen molar-refractivity contribution in [3.63, 3.8) is 0 Å². The molecule has 0 unspecified atom stereocenters. The summed E-state index contributed by atoms with van der Waals surface area (Å²) in [6.45, 7) is 4.77. The third kappa shape index (κ3) is 12.8. The van der Waals surface area contributed by atoms with Crippen LogP contribution in [0.3, 0.4) is 0 Å². The summed E-state index contributed by atoms with van der Waals surface area (Å²) in [6.07, 6.45) is 23.1. The van der Waals surface area contributed by atoms with Crippen molar-refractivity contribution >= 4 is 11.6 Å². The molecule has 0 radical (unpaired) electrons. The van der Waals surface area contributed by atoms with Gasteiger partial charge in [-0.15, -0.1) is 0 Å². The molecule has 2 heteroatoms. The summed E-state index contributed by atoms with van der Waals surface area (Å²) in [6, 6.07) is 10.0. The van der Waals surface area contributed by atoms with Gasteiger partial charge in [0.2, 0.25) is 5.91 Å². The first kappa shape index (κ1) is 24.5. The molecule has 0 aliphatic heterocycles. The Bertz CT molecular complexity index is 508. The van der Waals surface area contributed by atoms with Crippen LogP contribution in [0.1, 0.15) is 104 Å². The minimum absolute atomic E-state index is 0.138. The lowest BCUT2D eigenvalue weighted by molar-refractivity contribution is -0.116. The number of unbranched alkanes of at least 4 members (excludes halogenated alkanes) is 12. The molecule has 0 aromatic heterocycles. The second-order valence-electron chi connectivity index (χ2n) is 7.94. The molecule has 0 bridgehead atoms. The summed E-state index contributed by atoms with van der Waals surface area (Å²) in [7, 11) is 0. The van der Waals surface area contributed by atoms with Gasteiger partial charge in [0.15, 0.2) is 0 Å². The van der Waals surface area contributed by atoms with Crippen LogP contribution in [0.25, 0.3) is 0 Å². The predicted octanol–water partition coefficient (Wildman–Crippen LogP) is 8.08. The molecule has 0 heterocycles. The molecule has 28 heavy (non-hydrogen) atoms. The Morgan fingerprint density at radius 1 is 0.750 bits per heavy atom. The van der Waals surface area contributed by atoms with Crippen LogP contribution in [0.2, 0.25) is 0 Å². The number of benzene rings is 1. The Kier molecular flexibility index (Phi) is 15.3. The van der Waals surface area contributed by atoms with Crippen LogP contribution in [0.15, 0.2) is 42.5 Å². The van der Waals surface area contributed by atoms with E-state index in [2.05, 4.69) is 19.1 Å². The fraction of sp³-hybridized carbons (Fsp3) is 0.654. The van der Waals surface area contributed by atoms with Crippen LogP contribution in [0.5, 0.6) is 0 Å². The van der Waals surface area contributed by atoms with E-state index >= 15 is 0 Å². The van der Waals surface area contributed by atoms with E-state index < -0.39 is 0 Å². The predicted molar refractivity (Wildman–Crippen MR) is 124 cm³/mol. The number of allylic oxidation sites excluding steroid dienone is 2. The lowest BCUT2D eigenvalue weighted by Gasteiger charge is -2.21. The van der Waals surface area contributed by atoms with Crippen molar-refractivity contribution in [3.8, 4) is 0 Å². The molecule has 0 aliphatic carbocycles. The van der Waals surface area contributed by atoms with Crippen molar-refractivity contribution in [1.29, 1.82) is 0 Å². The fourth-order valence-corrected chi connectivity index (χ4v) is 3.59. The third-order valence-corrected chi connectivity index (χ3v) is 5.34. The van der Waals surface area contributed by atoms with Gasteiger partial charge >= 0.3 is 0 Å². The van der Waals surface area contributed by atoms with Gasteiger partial charge < -0.3 is 4.90 Å². The van der Waals surface area contributed by atoms with Gasteiger partial charge in [-0.3, -0.25) is 4.79 Å². The highest BCUT2D eigenvalue weighted by atomic mass is 16.2. The molecule has 1 aromatic carbocycles. The molecule has 0 saturated carbocycles. The summed E-state index contributed by atoms with van der Waals surface area (Å²) < 4.78 is 0. The molecular formula is C26H43NO. The normalized spacial score (nSPS) is 11.2. The van der Waals surface area contributed by atoms with Crippen molar-refractivity contribution in [2.24, 2.45) is 0 Å². The van der Waals surface area contributed by atoms with Gasteiger partial charge in [-0.25, -0.2) is 0 Å². The maximum Gasteiger partial charge on any atom is 0.223 e.